The van der Waals surface area contributed by atoms with Gasteiger partial charge in [-0.15, -0.1) is 0 Å². The van der Waals surface area contributed by atoms with Gasteiger partial charge in [-0.05, 0) is 24.3 Å². The first-order chi connectivity index (χ1) is 10.7. The maximum absolute atomic E-state index is 13.1. The van der Waals surface area contributed by atoms with Crippen LogP contribution in [0.1, 0.15) is 10.4 Å². The molecule has 0 bridgehead atoms. The van der Waals surface area contributed by atoms with Crippen molar-refractivity contribution in [1.29, 1.82) is 0 Å². The molecule has 1 N–H and O–H groups in total. The molecule has 3 rings (SSSR count). The number of benzene rings is 1. The summed E-state index contributed by atoms with van der Waals surface area (Å²) >= 11 is 0. The minimum absolute atomic E-state index is 0.304. The van der Waals surface area contributed by atoms with Crippen molar-refractivity contribution in [1.82, 2.24) is 15.1 Å². The minimum atomic E-state index is -0.426. The molecular formula is C16H14FN3O2. The summed E-state index contributed by atoms with van der Waals surface area (Å²) in [6, 6.07) is 7.45. The SMILES string of the molecule is O=C(NCCn1cc(-c2ccoc2)cn1)c1cccc(F)c1. The summed E-state index contributed by atoms with van der Waals surface area (Å²) in [4.78, 5) is 11.9. The van der Waals surface area contributed by atoms with E-state index < -0.39 is 5.82 Å². The first-order valence-electron chi connectivity index (χ1n) is 6.81. The topological polar surface area (TPSA) is 60.1 Å². The number of aromatic nitrogens is 2. The third-order valence-corrected chi connectivity index (χ3v) is 3.20. The molecule has 3 aromatic rings. The molecule has 0 aliphatic rings. The number of amides is 1. The summed E-state index contributed by atoms with van der Waals surface area (Å²) < 4.78 is 19.8. The van der Waals surface area contributed by atoms with Gasteiger partial charge in [0, 0.05) is 29.4 Å². The standard InChI is InChI=1S/C16H14FN3O2/c17-15-3-1-2-12(8-15)16(21)18-5-6-20-10-14(9-19-20)13-4-7-22-11-13/h1-4,7-11H,5-6H2,(H,18,21). The van der Waals surface area contributed by atoms with Crippen molar-refractivity contribution in [3.8, 4) is 11.1 Å². The Morgan fingerprint density at radius 2 is 2.23 bits per heavy atom. The molecule has 0 saturated heterocycles. The zero-order chi connectivity index (χ0) is 15.4. The fraction of sp³-hybridized carbons (Fsp3) is 0.125. The van der Waals surface area contributed by atoms with Gasteiger partial charge in [-0.25, -0.2) is 4.39 Å². The highest BCUT2D eigenvalue weighted by Crippen LogP contribution is 2.18. The number of furan rings is 1. The lowest BCUT2D eigenvalue weighted by Crippen LogP contribution is -2.27. The quantitative estimate of drug-likeness (QED) is 0.788. The lowest BCUT2D eigenvalue weighted by atomic mass is 10.2. The van der Waals surface area contributed by atoms with Gasteiger partial charge in [0.15, 0.2) is 0 Å². The molecule has 0 radical (unpaired) electrons. The first kappa shape index (κ1) is 14.1. The van der Waals surface area contributed by atoms with E-state index in [1.807, 2.05) is 12.3 Å². The van der Waals surface area contributed by atoms with E-state index in [0.29, 0.717) is 18.7 Å². The molecule has 112 valence electrons. The van der Waals surface area contributed by atoms with Crippen LogP contribution in [0.5, 0.6) is 0 Å². The van der Waals surface area contributed by atoms with Crippen LogP contribution in [0.25, 0.3) is 11.1 Å². The smallest absolute Gasteiger partial charge is 0.251 e. The van der Waals surface area contributed by atoms with E-state index in [1.54, 1.807) is 29.5 Å². The third-order valence-electron chi connectivity index (χ3n) is 3.20. The summed E-state index contributed by atoms with van der Waals surface area (Å²) in [7, 11) is 0. The monoisotopic (exact) mass is 299 g/mol. The van der Waals surface area contributed by atoms with Crippen molar-refractivity contribution in [3.05, 3.63) is 66.6 Å². The van der Waals surface area contributed by atoms with Gasteiger partial charge in [-0.1, -0.05) is 6.07 Å². The van der Waals surface area contributed by atoms with Crippen LogP contribution in [0.4, 0.5) is 4.39 Å². The molecule has 0 saturated carbocycles. The lowest BCUT2D eigenvalue weighted by molar-refractivity contribution is 0.0951. The van der Waals surface area contributed by atoms with Crippen molar-refractivity contribution >= 4 is 5.91 Å². The van der Waals surface area contributed by atoms with Crippen LogP contribution in [0.3, 0.4) is 0 Å². The molecule has 1 aromatic carbocycles. The predicted molar refractivity (Wildman–Crippen MR) is 78.7 cm³/mol. The van der Waals surface area contributed by atoms with Crippen LogP contribution in [-0.4, -0.2) is 22.2 Å². The zero-order valence-corrected chi connectivity index (χ0v) is 11.7. The highest BCUT2D eigenvalue weighted by Gasteiger charge is 2.06. The number of nitrogens with zero attached hydrogens (tertiary/aromatic N) is 2. The van der Waals surface area contributed by atoms with Gasteiger partial charge in [0.05, 0.1) is 25.3 Å². The molecule has 5 nitrogen and oxygen atoms in total. The Balaban J connectivity index is 1.54. The third kappa shape index (κ3) is 3.22. The number of carbonyl (C=O) groups is 1. The second kappa shape index (κ2) is 6.26. The van der Waals surface area contributed by atoms with Crippen LogP contribution in [0.15, 0.2) is 59.7 Å². The van der Waals surface area contributed by atoms with Crippen LogP contribution >= 0.6 is 0 Å². The van der Waals surface area contributed by atoms with Crippen molar-refractivity contribution in [2.75, 3.05) is 6.54 Å². The Morgan fingerprint density at radius 3 is 3.00 bits per heavy atom. The van der Waals surface area contributed by atoms with Gasteiger partial charge < -0.3 is 9.73 Å². The Kier molecular flexibility index (Phi) is 4.00. The van der Waals surface area contributed by atoms with Crippen LogP contribution in [-0.2, 0) is 6.54 Å². The minimum Gasteiger partial charge on any atom is -0.472 e. The van der Waals surface area contributed by atoms with E-state index in [9.17, 15) is 9.18 Å². The number of nitrogens with one attached hydrogen (secondary N) is 1. The molecule has 0 atom stereocenters. The molecule has 0 aliphatic heterocycles. The van der Waals surface area contributed by atoms with Crippen molar-refractivity contribution < 1.29 is 13.6 Å². The van der Waals surface area contributed by atoms with Gasteiger partial charge in [0.1, 0.15) is 5.82 Å². The fourth-order valence-electron chi connectivity index (χ4n) is 2.08. The molecule has 0 spiro atoms. The Labute approximate surface area is 126 Å². The summed E-state index contributed by atoms with van der Waals surface area (Å²) in [5.41, 5.74) is 2.21. The molecule has 0 fully saturated rings. The number of hydrogen-bond donors (Lipinski definition) is 1. The lowest BCUT2D eigenvalue weighted by Gasteiger charge is -2.05. The van der Waals surface area contributed by atoms with E-state index in [2.05, 4.69) is 10.4 Å². The summed E-state index contributed by atoms with van der Waals surface area (Å²) in [5, 5.41) is 6.95. The molecule has 2 heterocycles. The summed E-state index contributed by atoms with van der Waals surface area (Å²) in [6.07, 6.45) is 6.86. The molecule has 1 amide bonds. The Bertz CT molecular complexity index is 765. The van der Waals surface area contributed by atoms with E-state index >= 15 is 0 Å². The molecular weight excluding hydrogens is 285 g/mol. The zero-order valence-electron chi connectivity index (χ0n) is 11.7. The summed E-state index contributed by atoms with van der Waals surface area (Å²) in [6.45, 7) is 0.931. The Morgan fingerprint density at radius 1 is 1.32 bits per heavy atom. The maximum Gasteiger partial charge on any atom is 0.251 e. The maximum atomic E-state index is 13.1. The normalized spacial score (nSPS) is 10.6. The van der Waals surface area contributed by atoms with Crippen molar-refractivity contribution in [2.24, 2.45) is 0 Å². The first-order valence-corrected chi connectivity index (χ1v) is 6.81. The van der Waals surface area contributed by atoms with Gasteiger partial charge >= 0.3 is 0 Å². The molecule has 2 aromatic heterocycles. The molecule has 0 unspecified atom stereocenters. The number of halogens is 1. The second-order valence-electron chi connectivity index (χ2n) is 4.77. The number of carbonyl (C=O) groups excluding carboxylic acids is 1. The Hall–Kier alpha value is -2.89. The largest absolute Gasteiger partial charge is 0.472 e. The fourth-order valence-corrected chi connectivity index (χ4v) is 2.08. The second-order valence-corrected chi connectivity index (χ2v) is 4.77. The molecule has 0 aliphatic carbocycles. The van der Waals surface area contributed by atoms with Gasteiger partial charge in [0.2, 0.25) is 0 Å². The average molecular weight is 299 g/mol. The van der Waals surface area contributed by atoms with Crippen molar-refractivity contribution in [2.45, 2.75) is 6.54 Å². The van der Waals surface area contributed by atoms with E-state index in [4.69, 9.17) is 4.42 Å². The van der Waals surface area contributed by atoms with Crippen LogP contribution in [0, 0.1) is 5.82 Å². The van der Waals surface area contributed by atoms with E-state index in [-0.39, 0.29) is 5.91 Å². The van der Waals surface area contributed by atoms with Crippen LogP contribution in [0.2, 0.25) is 0 Å². The van der Waals surface area contributed by atoms with Gasteiger partial charge in [-0.2, -0.15) is 5.10 Å². The highest BCUT2D eigenvalue weighted by atomic mass is 19.1. The number of hydrogen-bond acceptors (Lipinski definition) is 3. The van der Waals surface area contributed by atoms with Crippen LogP contribution < -0.4 is 5.32 Å². The molecule has 6 heteroatoms. The van der Waals surface area contributed by atoms with Gasteiger partial charge in [0.25, 0.3) is 5.91 Å². The highest BCUT2D eigenvalue weighted by molar-refractivity contribution is 5.94. The number of rotatable bonds is 5. The van der Waals surface area contributed by atoms with E-state index in [0.717, 1.165) is 11.1 Å². The predicted octanol–water partition coefficient (Wildman–Crippen LogP) is 2.71. The van der Waals surface area contributed by atoms with Gasteiger partial charge in [-0.3, -0.25) is 9.48 Å². The van der Waals surface area contributed by atoms with E-state index in [1.165, 1.54) is 18.2 Å². The summed E-state index contributed by atoms with van der Waals surface area (Å²) in [5.74, 6) is -0.730. The average Bonchev–Trinajstić information content (AvgIpc) is 3.18. The van der Waals surface area contributed by atoms with Crippen molar-refractivity contribution in [3.63, 3.8) is 0 Å². The molecule has 22 heavy (non-hydrogen) atoms.